The number of allylic oxidation sites excluding steroid dienone is 19. The summed E-state index contributed by atoms with van der Waals surface area (Å²) in [4.78, 5) is 24.4. The number of aliphatic hydroxyl groups is 2. The predicted octanol–water partition coefficient (Wildman–Crippen LogP) is 8.52. The maximum absolute atomic E-state index is 12.2. The molecule has 0 aromatic rings. The molecule has 0 heterocycles. The average molecular weight is 583 g/mol. The molecule has 0 saturated heterocycles. The Morgan fingerprint density at radius 1 is 0.628 bits per heavy atom. The summed E-state index contributed by atoms with van der Waals surface area (Å²) < 4.78 is 0. The minimum absolute atomic E-state index is 0.176. The minimum atomic E-state index is -0.977. The number of rotatable bonds is 10. The normalized spacial score (nSPS) is 24.6. The molecule has 0 unspecified atom stereocenters. The minimum Gasteiger partial charge on any atom is -0.385 e. The standard InChI is InChI=1S/C39H50O4/c1-26(17-13-19-28(3)21-23-32-30(5)35(41)34(40)25-38(32,7)8)15-11-12-16-27(2)18-14-20-29(4)22-24-33-31(6)36(42)37(43)39(33,9)10/h11-24,34,37,40,43H,25H2,1-10H3/b12-11+,17-13+,18-14+,23-21+,24-22+,26-15+,27-16+,28-19+,29-20+/t34-,37-/m1/s1. The number of aliphatic hydroxyl groups excluding tert-OH is 2. The summed E-state index contributed by atoms with van der Waals surface area (Å²) in [5.74, 6) is -0.364. The molecule has 2 aliphatic rings. The van der Waals surface area contributed by atoms with Gasteiger partial charge in [-0.25, -0.2) is 0 Å². The van der Waals surface area contributed by atoms with E-state index >= 15 is 0 Å². The Kier molecular flexibility index (Phi) is 12.6. The van der Waals surface area contributed by atoms with Crippen LogP contribution in [0.1, 0.15) is 75.7 Å². The van der Waals surface area contributed by atoms with E-state index in [1.807, 2.05) is 114 Å². The lowest BCUT2D eigenvalue weighted by molar-refractivity contribution is -0.126. The van der Waals surface area contributed by atoms with E-state index in [-0.39, 0.29) is 17.0 Å². The summed E-state index contributed by atoms with van der Waals surface area (Å²) in [6, 6.07) is 0. The quantitative estimate of drug-likeness (QED) is 0.253. The highest BCUT2D eigenvalue weighted by Gasteiger charge is 2.44. The lowest BCUT2D eigenvalue weighted by Crippen LogP contribution is -2.35. The third kappa shape index (κ3) is 9.71. The van der Waals surface area contributed by atoms with Crippen molar-refractivity contribution >= 4 is 11.6 Å². The molecule has 0 bridgehead atoms. The Balaban J connectivity index is 1.94. The molecule has 230 valence electrons. The van der Waals surface area contributed by atoms with Crippen molar-refractivity contribution in [3.8, 4) is 0 Å². The van der Waals surface area contributed by atoms with Gasteiger partial charge in [0.05, 0.1) is 0 Å². The van der Waals surface area contributed by atoms with Gasteiger partial charge in [-0.3, -0.25) is 9.59 Å². The van der Waals surface area contributed by atoms with Crippen LogP contribution in [-0.2, 0) is 9.59 Å². The Morgan fingerprint density at radius 2 is 1.02 bits per heavy atom. The van der Waals surface area contributed by atoms with Crippen LogP contribution >= 0.6 is 0 Å². The fraction of sp³-hybridized carbons (Fsp3) is 0.385. The fourth-order valence-corrected chi connectivity index (χ4v) is 5.33. The van der Waals surface area contributed by atoms with Gasteiger partial charge in [-0.15, -0.1) is 0 Å². The van der Waals surface area contributed by atoms with Crippen LogP contribution in [0.5, 0.6) is 0 Å². The van der Waals surface area contributed by atoms with Crippen LogP contribution in [0.4, 0.5) is 0 Å². The highest BCUT2D eigenvalue weighted by molar-refractivity contribution is 6.03. The van der Waals surface area contributed by atoms with Crippen LogP contribution in [0.2, 0.25) is 0 Å². The second-order valence-corrected chi connectivity index (χ2v) is 12.9. The van der Waals surface area contributed by atoms with E-state index in [4.69, 9.17) is 0 Å². The third-order valence-electron chi connectivity index (χ3n) is 8.20. The molecule has 0 amide bonds. The Bertz CT molecular complexity index is 1440. The van der Waals surface area contributed by atoms with E-state index in [0.29, 0.717) is 17.6 Å². The first kappa shape index (κ1) is 35.6. The van der Waals surface area contributed by atoms with Crippen molar-refractivity contribution in [3.05, 3.63) is 130 Å². The number of carbonyl (C=O) groups excluding carboxylic acids is 2. The van der Waals surface area contributed by atoms with Gasteiger partial charge >= 0.3 is 0 Å². The molecule has 0 radical (unpaired) electrons. The predicted molar refractivity (Wildman–Crippen MR) is 180 cm³/mol. The third-order valence-corrected chi connectivity index (χ3v) is 8.20. The van der Waals surface area contributed by atoms with Gasteiger partial charge in [-0.1, -0.05) is 135 Å². The number of Topliss-reactive ketones (excluding diaryl/α,β-unsaturated/α-hetero) is 2. The number of carbonyl (C=O) groups is 2. The molecule has 0 spiro atoms. The van der Waals surface area contributed by atoms with Gasteiger partial charge < -0.3 is 10.2 Å². The topological polar surface area (TPSA) is 74.6 Å². The molecule has 0 saturated carbocycles. The molecule has 43 heavy (non-hydrogen) atoms. The van der Waals surface area contributed by atoms with Crippen molar-refractivity contribution in [2.24, 2.45) is 10.8 Å². The summed E-state index contributed by atoms with van der Waals surface area (Å²) in [6.07, 6.45) is 26.8. The molecular formula is C39H50O4. The summed E-state index contributed by atoms with van der Waals surface area (Å²) >= 11 is 0. The molecule has 0 aromatic heterocycles. The molecule has 0 aliphatic heterocycles. The number of ketones is 2. The van der Waals surface area contributed by atoms with Crippen molar-refractivity contribution in [2.75, 3.05) is 0 Å². The van der Waals surface area contributed by atoms with Crippen LogP contribution < -0.4 is 0 Å². The van der Waals surface area contributed by atoms with E-state index in [2.05, 4.69) is 26.0 Å². The van der Waals surface area contributed by atoms with E-state index in [9.17, 15) is 19.8 Å². The largest absolute Gasteiger partial charge is 0.385 e. The van der Waals surface area contributed by atoms with Crippen LogP contribution in [-0.4, -0.2) is 34.0 Å². The smallest absolute Gasteiger partial charge is 0.188 e. The highest BCUT2D eigenvalue weighted by Crippen LogP contribution is 2.41. The van der Waals surface area contributed by atoms with Gasteiger partial charge in [0.25, 0.3) is 0 Å². The van der Waals surface area contributed by atoms with Gasteiger partial charge in [0, 0.05) is 5.41 Å². The zero-order chi connectivity index (χ0) is 32.5. The molecular weight excluding hydrogens is 532 g/mol. The summed E-state index contributed by atoms with van der Waals surface area (Å²) in [7, 11) is 0. The summed E-state index contributed by atoms with van der Waals surface area (Å²) in [5, 5.41) is 20.2. The van der Waals surface area contributed by atoms with Gasteiger partial charge in [0.15, 0.2) is 11.6 Å². The molecule has 2 N–H and O–H groups in total. The average Bonchev–Trinajstić information content (AvgIpc) is 3.06. The zero-order valence-corrected chi connectivity index (χ0v) is 27.7. The second-order valence-electron chi connectivity index (χ2n) is 12.9. The van der Waals surface area contributed by atoms with Crippen LogP contribution in [0.3, 0.4) is 0 Å². The fourth-order valence-electron chi connectivity index (χ4n) is 5.33. The van der Waals surface area contributed by atoms with Crippen molar-refractivity contribution in [1.29, 1.82) is 0 Å². The first-order valence-corrected chi connectivity index (χ1v) is 14.9. The molecule has 4 nitrogen and oxygen atoms in total. The maximum atomic E-state index is 12.2. The van der Waals surface area contributed by atoms with Gasteiger partial charge in [-0.2, -0.15) is 0 Å². The monoisotopic (exact) mass is 582 g/mol. The van der Waals surface area contributed by atoms with E-state index in [1.54, 1.807) is 13.8 Å². The first-order valence-electron chi connectivity index (χ1n) is 14.9. The van der Waals surface area contributed by atoms with E-state index in [0.717, 1.165) is 33.4 Å². The van der Waals surface area contributed by atoms with Crippen molar-refractivity contribution < 1.29 is 19.8 Å². The number of hydrogen-bond acceptors (Lipinski definition) is 4. The van der Waals surface area contributed by atoms with Crippen molar-refractivity contribution in [3.63, 3.8) is 0 Å². The second kappa shape index (κ2) is 15.2. The summed E-state index contributed by atoms with van der Waals surface area (Å²) in [5.41, 5.74) is 6.69. The number of hydrogen-bond donors (Lipinski definition) is 2. The van der Waals surface area contributed by atoms with E-state index in [1.165, 1.54) is 0 Å². The maximum Gasteiger partial charge on any atom is 0.188 e. The Morgan fingerprint density at radius 3 is 1.47 bits per heavy atom. The lowest BCUT2D eigenvalue weighted by atomic mass is 9.71. The van der Waals surface area contributed by atoms with Crippen LogP contribution in [0.25, 0.3) is 0 Å². The van der Waals surface area contributed by atoms with E-state index < -0.39 is 17.6 Å². The first-order chi connectivity index (χ1) is 20.0. The molecule has 0 aromatic carbocycles. The van der Waals surface area contributed by atoms with Crippen LogP contribution in [0.15, 0.2) is 130 Å². The molecule has 2 rings (SSSR count). The lowest BCUT2D eigenvalue weighted by Gasteiger charge is -2.34. The molecule has 0 fully saturated rings. The van der Waals surface area contributed by atoms with Crippen molar-refractivity contribution in [2.45, 2.75) is 87.9 Å². The van der Waals surface area contributed by atoms with Gasteiger partial charge in [-0.05, 0) is 75.7 Å². The van der Waals surface area contributed by atoms with Gasteiger partial charge in [0.1, 0.15) is 12.2 Å². The molecule has 2 atom stereocenters. The highest BCUT2D eigenvalue weighted by atomic mass is 16.3. The Labute approximate surface area is 259 Å². The zero-order valence-electron chi connectivity index (χ0n) is 27.7. The molecule has 2 aliphatic carbocycles. The molecule has 4 heteroatoms. The SMILES string of the molecule is CC1=C(/C=C/C(C)=C/C=C/C(C)=C/C=C/C=C(C)/C=C/C=C(C)/C=C/C2=C(C)C(=O)[C@@H](O)C2(C)C)C(C)(C)C[C@@H](O)C1=O. The summed E-state index contributed by atoms with van der Waals surface area (Å²) in [6.45, 7) is 19.6. The van der Waals surface area contributed by atoms with Crippen molar-refractivity contribution in [1.82, 2.24) is 0 Å². The Hall–Kier alpha value is -3.60. The van der Waals surface area contributed by atoms with Crippen LogP contribution in [0, 0.1) is 10.8 Å². The van der Waals surface area contributed by atoms with Gasteiger partial charge in [0.2, 0.25) is 0 Å².